The van der Waals surface area contributed by atoms with Gasteiger partial charge in [-0.2, -0.15) is 0 Å². The van der Waals surface area contributed by atoms with E-state index < -0.39 is 5.60 Å². The van der Waals surface area contributed by atoms with Gasteiger partial charge in [0.05, 0.1) is 10.9 Å². The van der Waals surface area contributed by atoms with Crippen molar-refractivity contribution in [1.82, 2.24) is 0 Å². The molecule has 1 aliphatic rings. The smallest absolute Gasteiger partial charge is 0.173 e. The summed E-state index contributed by atoms with van der Waals surface area (Å²) in [6.07, 6.45) is 2.73. The van der Waals surface area contributed by atoms with Gasteiger partial charge in [-0.15, -0.1) is 0 Å². The molecule has 1 atom stereocenters. The molecule has 86 valence electrons. The molecule has 0 spiro atoms. The molecule has 1 aliphatic carbocycles. The van der Waals surface area contributed by atoms with E-state index >= 15 is 0 Å². The number of aryl methyl sites for hydroxylation is 1. The van der Waals surface area contributed by atoms with Crippen LogP contribution < -0.4 is 0 Å². The molecule has 0 radical (unpaired) electrons. The largest absolute Gasteiger partial charge is 0.385 e. The third kappa shape index (κ3) is 2.06. The van der Waals surface area contributed by atoms with E-state index in [1.807, 2.05) is 25.1 Å². The molecule has 0 heterocycles. The number of aliphatic hydroxyl groups is 1. The first-order valence-corrected chi connectivity index (χ1v) is 6.62. The maximum Gasteiger partial charge on any atom is 0.173 e. The third-order valence-corrected chi connectivity index (χ3v) is 3.75. The van der Waals surface area contributed by atoms with E-state index in [0.717, 1.165) is 36.0 Å². The number of benzene rings is 1. The monoisotopic (exact) mass is 282 g/mol. The molecule has 0 saturated carbocycles. The maximum absolute atomic E-state index is 11.6. The van der Waals surface area contributed by atoms with Crippen LogP contribution >= 0.6 is 15.9 Å². The molecule has 0 saturated heterocycles. The van der Waals surface area contributed by atoms with Crippen molar-refractivity contribution < 1.29 is 9.90 Å². The lowest BCUT2D eigenvalue weighted by Gasteiger charge is -2.31. The fraction of sp³-hybridized carbons (Fsp3) is 0.462. The second-order valence-corrected chi connectivity index (χ2v) is 5.12. The summed E-state index contributed by atoms with van der Waals surface area (Å²) in [6.45, 7) is 1.84. The molecule has 1 unspecified atom stereocenters. The first kappa shape index (κ1) is 11.8. The van der Waals surface area contributed by atoms with Crippen LogP contribution in [0.2, 0.25) is 0 Å². The number of hydrogen-bond donors (Lipinski definition) is 1. The Kier molecular flexibility index (Phi) is 3.17. The standard InChI is InChI=1S/C13H15BrO2/c1-13(16)6-2-3-9-7-10(12(15)8-14)4-5-11(9)13/h4-5,7,16H,2-3,6,8H2,1H3. The number of Topliss-reactive ketones (excluding diaryl/α,β-unsaturated/α-hetero) is 1. The lowest BCUT2D eigenvalue weighted by atomic mass is 9.79. The highest BCUT2D eigenvalue weighted by Crippen LogP contribution is 2.35. The summed E-state index contributed by atoms with van der Waals surface area (Å²) in [6, 6.07) is 5.62. The molecule has 0 bridgehead atoms. The summed E-state index contributed by atoms with van der Waals surface area (Å²) >= 11 is 3.17. The molecular formula is C13H15BrO2. The van der Waals surface area contributed by atoms with Crippen LogP contribution in [0.4, 0.5) is 0 Å². The molecule has 1 aromatic carbocycles. The Balaban J connectivity index is 2.43. The van der Waals surface area contributed by atoms with Gasteiger partial charge in [0.25, 0.3) is 0 Å². The summed E-state index contributed by atoms with van der Waals surface area (Å²) in [4.78, 5) is 11.6. The quantitative estimate of drug-likeness (QED) is 0.669. The van der Waals surface area contributed by atoms with Gasteiger partial charge in [0.1, 0.15) is 0 Å². The highest BCUT2D eigenvalue weighted by molar-refractivity contribution is 9.09. The van der Waals surface area contributed by atoms with Crippen molar-refractivity contribution >= 4 is 21.7 Å². The molecule has 2 nitrogen and oxygen atoms in total. The number of hydrogen-bond acceptors (Lipinski definition) is 2. The molecule has 3 heteroatoms. The van der Waals surface area contributed by atoms with Crippen LogP contribution in [0.25, 0.3) is 0 Å². The molecule has 1 aromatic rings. The van der Waals surface area contributed by atoms with E-state index in [1.54, 1.807) is 0 Å². The lowest BCUT2D eigenvalue weighted by molar-refractivity contribution is 0.0386. The summed E-state index contributed by atoms with van der Waals surface area (Å²) in [5.41, 5.74) is 2.09. The summed E-state index contributed by atoms with van der Waals surface area (Å²) in [7, 11) is 0. The number of rotatable bonds is 2. The third-order valence-electron chi connectivity index (χ3n) is 3.24. The van der Waals surface area contributed by atoms with Gasteiger partial charge >= 0.3 is 0 Å². The van der Waals surface area contributed by atoms with Crippen LogP contribution in [0.1, 0.15) is 41.3 Å². The van der Waals surface area contributed by atoms with Gasteiger partial charge in [-0.25, -0.2) is 0 Å². The Bertz CT molecular complexity index is 424. The molecule has 1 N–H and O–H groups in total. The fourth-order valence-corrected chi connectivity index (χ4v) is 2.66. The van der Waals surface area contributed by atoms with Crippen LogP contribution in [0, 0.1) is 0 Å². The average molecular weight is 283 g/mol. The highest BCUT2D eigenvalue weighted by Gasteiger charge is 2.29. The second kappa shape index (κ2) is 4.30. The van der Waals surface area contributed by atoms with Gasteiger partial charge in [-0.1, -0.05) is 28.1 Å². The van der Waals surface area contributed by atoms with Crippen LogP contribution in [-0.4, -0.2) is 16.2 Å². The minimum absolute atomic E-state index is 0.0908. The zero-order chi connectivity index (χ0) is 11.8. The van der Waals surface area contributed by atoms with E-state index in [0.29, 0.717) is 5.33 Å². The van der Waals surface area contributed by atoms with Gasteiger partial charge < -0.3 is 5.11 Å². The first-order chi connectivity index (χ1) is 7.54. The number of fused-ring (bicyclic) bond motifs is 1. The highest BCUT2D eigenvalue weighted by atomic mass is 79.9. The predicted molar refractivity (Wildman–Crippen MR) is 67.1 cm³/mol. The van der Waals surface area contributed by atoms with Crippen molar-refractivity contribution in [3.8, 4) is 0 Å². The number of alkyl halides is 1. The molecule has 0 amide bonds. The van der Waals surface area contributed by atoms with Gasteiger partial charge in [-0.3, -0.25) is 4.79 Å². The van der Waals surface area contributed by atoms with Crippen molar-refractivity contribution in [3.05, 3.63) is 34.9 Å². The minimum atomic E-state index is -0.733. The molecule has 16 heavy (non-hydrogen) atoms. The molecule has 0 aromatic heterocycles. The van der Waals surface area contributed by atoms with Crippen LogP contribution in [0.3, 0.4) is 0 Å². The van der Waals surface area contributed by atoms with Gasteiger partial charge in [0.2, 0.25) is 0 Å². The van der Waals surface area contributed by atoms with Crippen molar-refractivity contribution in [2.45, 2.75) is 31.8 Å². The van der Waals surface area contributed by atoms with Crippen molar-refractivity contribution in [2.75, 3.05) is 5.33 Å². The normalized spacial score (nSPS) is 23.9. The molecule has 0 aliphatic heterocycles. The molecular weight excluding hydrogens is 268 g/mol. The Hall–Kier alpha value is -0.670. The zero-order valence-corrected chi connectivity index (χ0v) is 10.9. The zero-order valence-electron chi connectivity index (χ0n) is 9.29. The molecule has 2 rings (SSSR count). The van der Waals surface area contributed by atoms with Crippen LogP contribution in [0.15, 0.2) is 18.2 Å². The topological polar surface area (TPSA) is 37.3 Å². The van der Waals surface area contributed by atoms with E-state index in [-0.39, 0.29) is 5.78 Å². The number of halogens is 1. The minimum Gasteiger partial charge on any atom is -0.385 e. The molecule has 0 fully saturated rings. The predicted octanol–water partition coefficient (Wildman–Crippen LogP) is 2.81. The van der Waals surface area contributed by atoms with Crippen molar-refractivity contribution in [2.24, 2.45) is 0 Å². The number of carbonyl (C=O) groups excluding carboxylic acids is 1. The van der Waals surface area contributed by atoms with Crippen LogP contribution in [-0.2, 0) is 12.0 Å². The SMILES string of the molecule is CC1(O)CCCc2cc(C(=O)CBr)ccc21. The Morgan fingerprint density at radius 1 is 1.56 bits per heavy atom. The van der Waals surface area contributed by atoms with Crippen LogP contribution in [0.5, 0.6) is 0 Å². The summed E-state index contributed by atoms with van der Waals surface area (Å²) in [5.74, 6) is 0.0908. The van der Waals surface area contributed by atoms with Crippen molar-refractivity contribution in [3.63, 3.8) is 0 Å². The van der Waals surface area contributed by atoms with Gasteiger partial charge in [0.15, 0.2) is 5.78 Å². The van der Waals surface area contributed by atoms with E-state index in [4.69, 9.17) is 0 Å². The van der Waals surface area contributed by atoms with Gasteiger partial charge in [0, 0.05) is 5.56 Å². The maximum atomic E-state index is 11.6. The van der Waals surface area contributed by atoms with Gasteiger partial charge in [-0.05, 0) is 43.4 Å². The first-order valence-electron chi connectivity index (χ1n) is 5.49. The average Bonchev–Trinajstić information content (AvgIpc) is 2.27. The number of carbonyl (C=O) groups is 1. The Morgan fingerprint density at radius 3 is 3.00 bits per heavy atom. The summed E-state index contributed by atoms with van der Waals surface area (Å²) in [5, 5.41) is 10.6. The Labute approximate surface area is 104 Å². The van der Waals surface area contributed by atoms with E-state index in [2.05, 4.69) is 15.9 Å². The second-order valence-electron chi connectivity index (χ2n) is 4.56. The lowest BCUT2D eigenvalue weighted by Crippen LogP contribution is -2.27. The Morgan fingerprint density at radius 2 is 2.31 bits per heavy atom. The summed E-state index contributed by atoms with van der Waals surface area (Å²) < 4.78 is 0. The van der Waals surface area contributed by atoms with Crippen molar-refractivity contribution in [1.29, 1.82) is 0 Å². The fourth-order valence-electron chi connectivity index (χ4n) is 2.33. The van der Waals surface area contributed by atoms with E-state index in [1.165, 1.54) is 0 Å². The number of ketones is 1. The van der Waals surface area contributed by atoms with E-state index in [9.17, 15) is 9.90 Å².